The Morgan fingerprint density at radius 2 is 1.71 bits per heavy atom. The van der Waals surface area contributed by atoms with Crippen LogP contribution in [0.3, 0.4) is 0 Å². The molecular weight excluding hydrogens is 329 g/mol. The Kier molecular flexibility index (Phi) is 4.43. The van der Waals surface area contributed by atoms with Crippen LogP contribution in [0.5, 0.6) is 0 Å². The second-order valence-corrected chi connectivity index (χ2v) is 5.92. The van der Waals surface area contributed by atoms with E-state index in [1.54, 1.807) is 0 Å². The lowest BCUT2D eigenvalue weighted by Gasteiger charge is -2.33. The average molecular weight is 344 g/mol. The SMILES string of the molecule is C[C@H](C(=O)C1C(=O)OC(C)(C)OC1=O)c1cccc(C(F)(F)F)c1. The summed E-state index contributed by atoms with van der Waals surface area (Å²) in [4.78, 5) is 36.2. The Morgan fingerprint density at radius 3 is 2.21 bits per heavy atom. The number of carbonyl (C=O) groups excluding carboxylic acids is 3. The number of hydrogen-bond acceptors (Lipinski definition) is 5. The van der Waals surface area contributed by atoms with Crippen LogP contribution in [0.2, 0.25) is 0 Å². The van der Waals surface area contributed by atoms with Crippen LogP contribution in [0.25, 0.3) is 0 Å². The number of esters is 2. The lowest BCUT2D eigenvalue weighted by atomic mass is 9.87. The van der Waals surface area contributed by atoms with Crippen molar-refractivity contribution in [1.82, 2.24) is 0 Å². The van der Waals surface area contributed by atoms with Crippen molar-refractivity contribution < 1.29 is 37.0 Å². The smallest absolute Gasteiger partial charge is 0.416 e. The summed E-state index contributed by atoms with van der Waals surface area (Å²) in [5.74, 6) is -7.41. The van der Waals surface area contributed by atoms with E-state index in [9.17, 15) is 27.6 Å². The lowest BCUT2D eigenvalue weighted by Crippen LogP contribution is -2.49. The highest BCUT2D eigenvalue weighted by atomic mass is 19.4. The Hall–Kier alpha value is -2.38. The van der Waals surface area contributed by atoms with Crippen LogP contribution in [0.15, 0.2) is 24.3 Å². The normalized spacial score (nSPS) is 19.4. The predicted molar refractivity (Wildman–Crippen MR) is 74.6 cm³/mol. The Bertz CT molecular complexity index is 673. The van der Waals surface area contributed by atoms with Crippen molar-refractivity contribution in [3.8, 4) is 0 Å². The fraction of sp³-hybridized carbons (Fsp3) is 0.438. The van der Waals surface area contributed by atoms with E-state index in [-0.39, 0.29) is 5.56 Å². The van der Waals surface area contributed by atoms with Crippen LogP contribution < -0.4 is 0 Å². The minimum atomic E-state index is -4.56. The summed E-state index contributed by atoms with van der Waals surface area (Å²) in [6.07, 6.45) is -4.56. The van der Waals surface area contributed by atoms with E-state index in [1.165, 1.54) is 26.8 Å². The highest BCUT2D eigenvalue weighted by Crippen LogP contribution is 2.33. The molecular formula is C16H15F3O5. The van der Waals surface area contributed by atoms with E-state index in [4.69, 9.17) is 9.47 Å². The Labute approximate surface area is 135 Å². The molecule has 1 saturated heterocycles. The average Bonchev–Trinajstić information content (AvgIpc) is 2.43. The number of hydrogen-bond donors (Lipinski definition) is 0. The van der Waals surface area contributed by atoms with E-state index >= 15 is 0 Å². The van der Waals surface area contributed by atoms with Gasteiger partial charge in [0.15, 0.2) is 5.78 Å². The molecule has 1 fully saturated rings. The third kappa shape index (κ3) is 3.58. The highest BCUT2D eigenvalue weighted by molar-refractivity contribution is 6.17. The monoisotopic (exact) mass is 344 g/mol. The molecule has 24 heavy (non-hydrogen) atoms. The quantitative estimate of drug-likeness (QED) is 0.623. The molecule has 0 N–H and O–H groups in total. The predicted octanol–water partition coefficient (Wildman–Crippen LogP) is 2.83. The molecule has 1 aromatic carbocycles. The summed E-state index contributed by atoms with van der Waals surface area (Å²) in [6.45, 7) is 3.98. The number of benzene rings is 1. The standard InChI is InChI=1S/C16H15F3O5/c1-8(9-5-4-6-10(7-9)16(17,18)19)12(20)11-13(21)23-15(2,3)24-14(11)22/h4-8,11H,1-3H3/t8-/m0/s1. The van der Waals surface area contributed by atoms with Gasteiger partial charge >= 0.3 is 18.1 Å². The first-order valence-corrected chi connectivity index (χ1v) is 7.09. The van der Waals surface area contributed by atoms with Crippen molar-refractivity contribution in [1.29, 1.82) is 0 Å². The molecule has 5 nitrogen and oxygen atoms in total. The lowest BCUT2D eigenvalue weighted by molar-refractivity contribution is -0.238. The number of ketones is 1. The molecule has 0 spiro atoms. The van der Waals surface area contributed by atoms with Crippen LogP contribution in [0, 0.1) is 5.92 Å². The van der Waals surface area contributed by atoms with Gasteiger partial charge in [0.05, 0.1) is 5.56 Å². The zero-order valence-corrected chi connectivity index (χ0v) is 13.1. The molecule has 1 aromatic rings. The molecule has 0 saturated carbocycles. The zero-order chi connectivity index (χ0) is 18.3. The first-order chi connectivity index (χ1) is 10.9. The Balaban J connectivity index is 2.27. The summed E-state index contributed by atoms with van der Waals surface area (Å²) < 4.78 is 48.0. The minimum absolute atomic E-state index is 0.0419. The van der Waals surface area contributed by atoms with Crippen LogP contribution in [0.4, 0.5) is 13.2 Å². The molecule has 1 heterocycles. The van der Waals surface area contributed by atoms with Crippen molar-refractivity contribution in [3.63, 3.8) is 0 Å². The first-order valence-electron chi connectivity index (χ1n) is 7.09. The summed E-state index contributed by atoms with van der Waals surface area (Å²) >= 11 is 0. The molecule has 0 amide bonds. The van der Waals surface area contributed by atoms with E-state index in [2.05, 4.69) is 0 Å². The van der Waals surface area contributed by atoms with E-state index < -0.39 is 47.1 Å². The number of Topliss-reactive ketones (excluding diaryl/α,β-unsaturated/α-hetero) is 1. The number of rotatable bonds is 3. The maximum Gasteiger partial charge on any atom is 0.416 e. The van der Waals surface area contributed by atoms with E-state index in [0.717, 1.165) is 18.2 Å². The summed E-state index contributed by atoms with van der Waals surface area (Å²) in [5.41, 5.74) is -0.880. The van der Waals surface area contributed by atoms with Crippen molar-refractivity contribution in [3.05, 3.63) is 35.4 Å². The third-order valence-electron chi connectivity index (χ3n) is 3.59. The second kappa shape index (κ2) is 5.92. The fourth-order valence-electron chi connectivity index (χ4n) is 2.35. The van der Waals surface area contributed by atoms with E-state index in [0.29, 0.717) is 0 Å². The number of ether oxygens (including phenoxy) is 2. The van der Waals surface area contributed by atoms with Gasteiger partial charge in [-0.25, -0.2) is 0 Å². The van der Waals surface area contributed by atoms with Gasteiger partial charge in [0.2, 0.25) is 5.92 Å². The van der Waals surface area contributed by atoms with Crippen molar-refractivity contribution in [2.24, 2.45) is 5.92 Å². The molecule has 130 valence electrons. The molecule has 0 radical (unpaired) electrons. The minimum Gasteiger partial charge on any atom is -0.422 e. The van der Waals surface area contributed by atoms with Gasteiger partial charge in [0, 0.05) is 19.8 Å². The van der Waals surface area contributed by atoms with Crippen molar-refractivity contribution in [2.45, 2.75) is 38.7 Å². The summed E-state index contributed by atoms with van der Waals surface area (Å²) in [5, 5.41) is 0. The molecule has 0 aromatic heterocycles. The molecule has 8 heteroatoms. The number of cyclic esters (lactones) is 2. The largest absolute Gasteiger partial charge is 0.422 e. The number of alkyl halides is 3. The highest BCUT2D eigenvalue weighted by Gasteiger charge is 2.48. The van der Waals surface area contributed by atoms with Gasteiger partial charge in [-0.2, -0.15) is 13.2 Å². The van der Waals surface area contributed by atoms with Gasteiger partial charge in [0.1, 0.15) is 0 Å². The summed E-state index contributed by atoms with van der Waals surface area (Å²) in [7, 11) is 0. The van der Waals surface area contributed by atoms with Crippen molar-refractivity contribution in [2.75, 3.05) is 0 Å². The molecule has 1 aliphatic rings. The van der Waals surface area contributed by atoms with Crippen LogP contribution in [0.1, 0.15) is 37.8 Å². The van der Waals surface area contributed by atoms with Crippen LogP contribution >= 0.6 is 0 Å². The van der Waals surface area contributed by atoms with Crippen LogP contribution in [-0.2, 0) is 30.0 Å². The maximum atomic E-state index is 12.8. The van der Waals surface area contributed by atoms with E-state index in [1.807, 2.05) is 0 Å². The van der Waals surface area contributed by atoms with Gasteiger partial charge in [-0.1, -0.05) is 25.1 Å². The van der Waals surface area contributed by atoms with Gasteiger partial charge < -0.3 is 9.47 Å². The molecule has 0 aliphatic carbocycles. The molecule has 0 bridgehead atoms. The second-order valence-electron chi connectivity index (χ2n) is 5.92. The third-order valence-corrected chi connectivity index (χ3v) is 3.59. The maximum absolute atomic E-state index is 12.8. The zero-order valence-electron chi connectivity index (χ0n) is 13.1. The topological polar surface area (TPSA) is 69.7 Å². The molecule has 2 rings (SSSR count). The van der Waals surface area contributed by atoms with Gasteiger partial charge in [0.25, 0.3) is 5.79 Å². The molecule has 1 aliphatic heterocycles. The van der Waals surface area contributed by atoms with Crippen molar-refractivity contribution >= 4 is 17.7 Å². The molecule has 1 atom stereocenters. The van der Waals surface area contributed by atoms with Crippen LogP contribution in [-0.4, -0.2) is 23.5 Å². The summed E-state index contributed by atoms with van der Waals surface area (Å²) in [6, 6.07) is 4.15. The number of carbonyl (C=O) groups is 3. The fourth-order valence-corrected chi connectivity index (χ4v) is 2.35. The van der Waals surface area contributed by atoms with Gasteiger partial charge in [-0.05, 0) is 11.6 Å². The number of halogens is 3. The first kappa shape index (κ1) is 18.0. The van der Waals surface area contributed by atoms with Gasteiger partial charge in [-0.15, -0.1) is 0 Å². The van der Waals surface area contributed by atoms with Gasteiger partial charge in [-0.3, -0.25) is 14.4 Å². The molecule has 0 unspecified atom stereocenters. The Morgan fingerprint density at radius 1 is 1.17 bits per heavy atom.